The first-order chi connectivity index (χ1) is 13.1. The second kappa shape index (κ2) is 8.18. The average Bonchev–Trinajstić information content (AvgIpc) is 2.72. The Morgan fingerprint density at radius 3 is 2.44 bits per heavy atom. The van der Waals surface area contributed by atoms with Gasteiger partial charge in [-0.1, -0.05) is 12.1 Å². The molecule has 7 nitrogen and oxygen atoms in total. The number of carboxylic acid groups (broad SMARTS) is 1. The summed E-state index contributed by atoms with van der Waals surface area (Å²) in [6, 6.07) is 14.1. The molecule has 0 saturated heterocycles. The molecular formula is C20H19N3O4. The summed E-state index contributed by atoms with van der Waals surface area (Å²) < 4.78 is 10.6. The lowest BCUT2D eigenvalue weighted by molar-refractivity contribution is 0.0697. The molecule has 0 unspecified atom stereocenters. The molecule has 0 bridgehead atoms. The Labute approximate surface area is 156 Å². The topological polar surface area (TPSA) is 93.6 Å². The van der Waals surface area contributed by atoms with E-state index in [2.05, 4.69) is 15.3 Å². The number of ether oxygens (including phenoxy) is 2. The summed E-state index contributed by atoms with van der Waals surface area (Å²) in [5.74, 6) is 0.810. The molecule has 0 saturated carbocycles. The van der Waals surface area contributed by atoms with Gasteiger partial charge in [0.05, 0.1) is 25.5 Å². The third kappa shape index (κ3) is 4.33. The van der Waals surface area contributed by atoms with E-state index < -0.39 is 5.97 Å². The maximum atomic E-state index is 10.9. The van der Waals surface area contributed by atoms with Gasteiger partial charge in [-0.25, -0.2) is 14.8 Å². The van der Waals surface area contributed by atoms with E-state index in [1.54, 1.807) is 44.7 Å². The number of nitrogens with one attached hydrogen (secondary N) is 1. The van der Waals surface area contributed by atoms with Crippen LogP contribution in [0.2, 0.25) is 0 Å². The summed E-state index contributed by atoms with van der Waals surface area (Å²) in [5, 5.41) is 12.1. The summed E-state index contributed by atoms with van der Waals surface area (Å²) >= 11 is 0. The Morgan fingerprint density at radius 1 is 1.04 bits per heavy atom. The summed E-state index contributed by atoms with van der Waals surface area (Å²) in [4.78, 5) is 19.6. The number of anilines is 1. The van der Waals surface area contributed by atoms with Crippen LogP contribution < -0.4 is 14.8 Å². The van der Waals surface area contributed by atoms with Crippen molar-refractivity contribution >= 4 is 11.9 Å². The predicted octanol–water partition coefficient (Wildman–Crippen LogP) is 3.47. The van der Waals surface area contributed by atoms with E-state index in [0.29, 0.717) is 24.0 Å². The van der Waals surface area contributed by atoms with Gasteiger partial charge in [0.1, 0.15) is 0 Å². The lowest BCUT2D eigenvalue weighted by Crippen LogP contribution is -2.04. The minimum absolute atomic E-state index is 0.255. The zero-order valence-corrected chi connectivity index (χ0v) is 15.0. The fourth-order valence-electron chi connectivity index (χ4n) is 2.55. The van der Waals surface area contributed by atoms with Gasteiger partial charge in [-0.3, -0.25) is 0 Å². The van der Waals surface area contributed by atoms with Crippen molar-refractivity contribution < 1.29 is 19.4 Å². The number of hydrogen-bond donors (Lipinski definition) is 2. The van der Waals surface area contributed by atoms with Crippen LogP contribution in [0.15, 0.2) is 54.7 Å². The lowest BCUT2D eigenvalue weighted by atomic mass is 10.1. The molecule has 7 heteroatoms. The molecule has 0 radical (unpaired) electrons. The summed E-state index contributed by atoms with van der Waals surface area (Å²) in [6.07, 6.45) is 1.68. The maximum absolute atomic E-state index is 10.9. The van der Waals surface area contributed by atoms with Gasteiger partial charge < -0.3 is 19.9 Å². The zero-order valence-electron chi connectivity index (χ0n) is 15.0. The molecular weight excluding hydrogens is 346 g/mol. The number of benzene rings is 2. The van der Waals surface area contributed by atoms with Crippen LogP contribution in [0.25, 0.3) is 11.3 Å². The second-order valence-electron chi connectivity index (χ2n) is 5.69. The predicted molar refractivity (Wildman–Crippen MR) is 101 cm³/mol. The van der Waals surface area contributed by atoms with Crippen molar-refractivity contribution in [3.05, 3.63) is 65.9 Å². The van der Waals surface area contributed by atoms with Crippen LogP contribution >= 0.6 is 0 Å². The molecule has 0 aliphatic heterocycles. The van der Waals surface area contributed by atoms with Crippen LogP contribution in [-0.2, 0) is 6.54 Å². The molecule has 0 spiro atoms. The first kappa shape index (κ1) is 18.2. The van der Waals surface area contributed by atoms with E-state index >= 15 is 0 Å². The first-order valence-corrected chi connectivity index (χ1v) is 8.22. The molecule has 1 aromatic heterocycles. The highest BCUT2D eigenvalue weighted by molar-refractivity contribution is 5.87. The Kier molecular flexibility index (Phi) is 5.51. The molecule has 2 aromatic carbocycles. The van der Waals surface area contributed by atoms with Crippen LogP contribution in [0.5, 0.6) is 11.5 Å². The van der Waals surface area contributed by atoms with Crippen LogP contribution in [0.1, 0.15) is 15.9 Å². The lowest BCUT2D eigenvalue weighted by Gasteiger charge is -2.10. The standard InChI is InChI=1S/C20H19N3O4/c1-26-17-8-7-15(11-18(17)27-2)16-9-10-21-20(23-16)22-12-13-3-5-14(6-4-13)19(24)25/h3-11H,12H2,1-2H3,(H,24,25)(H,21,22,23). The highest BCUT2D eigenvalue weighted by Crippen LogP contribution is 2.31. The van der Waals surface area contributed by atoms with Gasteiger partial charge in [0.15, 0.2) is 11.5 Å². The normalized spacial score (nSPS) is 10.3. The van der Waals surface area contributed by atoms with Crippen molar-refractivity contribution in [1.29, 1.82) is 0 Å². The Bertz CT molecular complexity index is 942. The quantitative estimate of drug-likeness (QED) is 0.662. The number of aromatic carboxylic acids is 1. The maximum Gasteiger partial charge on any atom is 0.335 e. The second-order valence-corrected chi connectivity index (χ2v) is 5.69. The van der Waals surface area contributed by atoms with Crippen molar-refractivity contribution in [3.63, 3.8) is 0 Å². The number of aromatic nitrogens is 2. The third-order valence-electron chi connectivity index (χ3n) is 3.99. The van der Waals surface area contributed by atoms with Crippen molar-refractivity contribution in [2.24, 2.45) is 0 Å². The minimum Gasteiger partial charge on any atom is -0.493 e. The Morgan fingerprint density at radius 2 is 1.78 bits per heavy atom. The highest BCUT2D eigenvalue weighted by Gasteiger charge is 2.08. The van der Waals surface area contributed by atoms with Gasteiger partial charge in [-0.05, 0) is 42.0 Å². The molecule has 3 aromatic rings. The fraction of sp³-hybridized carbons (Fsp3) is 0.150. The van der Waals surface area contributed by atoms with E-state index in [4.69, 9.17) is 14.6 Å². The molecule has 1 heterocycles. The van der Waals surface area contributed by atoms with Gasteiger partial charge in [-0.2, -0.15) is 0 Å². The molecule has 3 rings (SSSR count). The highest BCUT2D eigenvalue weighted by atomic mass is 16.5. The van der Waals surface area contributed by atoms with Crippen molar-refractivity contribution in [1.82, 2.24) is 9.97 Å². The monoisotopic (exact) mass is 365 g/mol. The molecule has 0 aliphatic carbocycles. The van der Waals surface area contributed by atoms with E-state index in [1.165, 1.54) is 0 Å². The van der Waals surface area contributed by atoms with Crippen molar-refractivity contribution in [2.45, 2.75) is 6.54 Å². The van der Waals surface area contributed by atoms with Crippen LogP contribution in [-0.4, -0.2) is 35.3 Å². The largest absolute Gasteiger partial charge is 0.493 e. The van der Waals surface area contributed by atoms with Crippen molar-refractivity contribution in [2.75, 3.05) is 19.5 Å². The molecule has 0 fully saturated rings. The number of rotatable bonds is 7. The van der Waals surface area contributed by atoms with Gasteiger partial charge in [0.2, 0.25) is 5.95 Å². The molecule has 0 atom stereocenters. The van der Waals surface area contributed by atoms with Crippen LogP contribution in [0.3, 0.4) is 0 Å². The van der Waals surface area contributed by atoms with Gasteiger partial charge in [0, 0.05) is 18.3 Å². The van der Waals surface area contributed by atoms with Gasteiger partial charge >= 0.3 is 5.97 Å². The Hall–Kier alpha value is -3.61. The first-order valence-electron chi connectivity index (χ1n) is 8.22. The summed E-state index contributed by atoms with van der Waals surface area (Å²) in [5.41, 5.74) is 2.81. The van der Waals surface area contributed by atoms with Crippen LogP contribution in [0.4, 0.5) is 5.95 Å². The average molecular weight is 365 g/mol. The molecule has 138 valence electrons. The van der Waals surface area contributed by atoms with Crippen LogP contribution in [0, 0.1) is 0 Å². The number of methoxy groups -OCH3 is 2. The van der Waals surface area contributed by atoms with E-state index in [0.717, 1.165) is 16.8 Å². The molecule has 2 N–H and O–H groups in total. The number of carboxylic acids is 1. The SMILES string of the molecule is COc1ccc(-c2ccnc(NCc3ccc(C(=O)O)cc3)n2)cc1OC. The number of carbonyl (C=O) groups is 1. The zero-order chi connectivity index (χ0) is 19.2. The summed E-state index contributed by atoms with van der Waals surface area (Å²) in [6.45, 7) is 0.481. The van der Waals surface area contributed by atoms with E-state index in [9.17, 15) is 4.79 Å². The van der Waals surface area contributed by atoms with Gasteiger partial charge in [0.25, 0.3) is 0 Å². The summed E-state index contributed by atoms with van der Waals surface area (Å²) in [7, 11) is 3.18. The fourth-order valence-corrected chi connectivity index (χ4v) is 2.55. The van der Waals surface area contributed by atoms with E-state index in [1.807, 2.05) is 24.3 Å². The number of hydrogen-bond acceptors (Lipinski definition) is 6. The third-order valence-corrected chi connectivity index (χ3v) is 3.99. The Balaban J connectivity index is 1.74. The molecule has 0 aliphatic rings. The smallest absolute Gasteiger partial charge is 0.335 e. The van der Waals surface area contributed by atoms with E-state index in [-0.39, 0.29) is 5.56 Å². The molecule has 0 amide bonds. The minimum atomic E-state index is -0.944. The van der Waals surface area contributed by atoms with Crippen molar-refractivity contribution in [3.8, 4) is 22.8 Å². The molecule has 27 heavy (non-hydrogen) atoms. The number of nitrogens with zero attached hydrogens (tertiary/aromatic N) is 2. The van der Waals surface area contributed by atoms with Gasteiger partial charge in [-0.15, -0.1) is 0 Å².